The number of ketones is 2. The summed E-state index contributed by atoms with van der Waals surface area (Å²) in [5.74, 6) is -0.149. The van der Waals surface area contributed by atoms with Crippen LogP contribution in [0.4, 0.5) is 0 Å². The zero-order chi connectivity index (χ0) is 11.5. The van der Waals surface area contributed by atoms with Crippen molar-refractivity contribution in [3.8, 4) is 0 Å². The van der Waals surface area contributed by atoms with Gasteiger partial charge in [0.15, 0.2) is 11.5 Å². The summed E-state index contributed by atoms with van der Waals surface area (Å²) in [6.45, 7) is 2.19. The molecule has 0 fully saturated rings. The highest BCUT2D eigenvalue weighted by Gasteiger charge is 2.32. The van der Waals surface area contributed by atoms with Gasteiger partial charge in [-0.1, -0.05) is 30.3 Å². The Kier molecular flexibility index (Phi) is 2.86. The maximum atomic E-state index is 11.7. The number of rotatable bonds is 3. The molecule has 0 spiro atoms. The lowest BCUT2D eigenvalue weighted by molar-refractivity contribution is -0.122. The summed E-state index contributed by atoms with van der Waals surface area (Å²) >= 11 is 0. The van der Waals surface area contributed by atoms with Gasteiger partial charge in [0.25, 0.3) is 0 Å². The van der Waals surface area contributed by atoms with E-state index in [2.05, 4.69) is 0 Å². The van der Waals surface area contributed by atoms with Crippen molar-refractivity contribution in [1.29, 1.82) is 0 Å². The van der Waals surface area contributed by atoms with Crippen molar-refractivity contribution >= 4 is 17.1 Å². The fourth-order valence-corrected chi connectivity index (χ4v) is 1.77. The lowest BCUT2D eigenvalue weighted by Gasteiger charge is -2.05. The third-order valence-electron chi connectivity index (χ3n) is 2.43. The van der Waals surface area contributed by atoms with Gasteiger partial charge in [0.1, 0.15) is 0 Å². The number of allylic oxidation sites excluding steroid dienone is 2. The second-order valence-corrected chi connectivity index (χ2v) is 3.53. The van der Waals surface area contributed by atoms with Crippen LogP contribution in [0.25, 0.3) is 5.57 Å². The van der Waals surface area contributed by atoms with Crippen LogP contribution in [0.1, 0.15) is 18.9 Å². The zero-order valence-corrected chi connectivity index (χ0v) is 9.03. The van der Waals surface area contributed by atoms with E-state index in [9.17, 15) is 9.59 Å². The second kappa shape index (κ2) is 4.31. The van der Waals surface area contributed by atoms with E-state index in [0.717, 1.165) is 5.56 Å². The minimum Gasteiger partial charge on any atom is -0.489 e. The number of carbonyl (C=O) groups is 2. The average molecular weight is 216 g/mol. The lowest BCUT2D eigenvalue weighted by atomic mass is 10.0. The maximum Gasteiger partial charge on any atom is 0.205 e. The molecule has 1 aliphatic rings. The van der Waals surface area contributed by atoms with E-state index in [1.165, 1.54) is 0 Å². The highest BCUT2D eigenvalue weighted by Crippen LogP contribution is 2.29. The van der Waals surface area contributed by atoms with Gasteiger partial charge >= 0.3 is 0 Å². The van der Waals surface area contributed by atoms with E-state index >= 15 is 0 Å². The number of Topliss-reactive ketones (excluding diaryl/α,β-unsaturated/α-hetero) is 2. The summed E-state index contributed by atoms with van der Waals surface area (Å²) in [5, 5.41) is 0. The number of hydrogen-bond acceptors (Lipinski definition) is 3. The molecule has 0 heterocycles. The molecule has 0 aromatic heterocycles. The highest BCUT2D eigenvalue weighted by molar-refractivity contribution is 6.37. The van der Waals surface area contributed by atoms with E-state index in [1.54, 1.807) is 6.92 Å². The molecule has 1 aliphatic carbocycles. The van der Waals surface area contributed by atoms with Crippen molar-refractivity contribution in [2.45, 2.75) is 13.3 Å². The van der Waals surface area contributed by atoms with E-state index < -0.39 is 0 Å². The van der Waals surface area contributed by atoms with Gasteiger partial charge in [-0.15, -0.1) is 0 Å². The molecule has 3 heteroatoms. The van der Waals surface area contributed by atoms with Gasteiger partial charge in [0, 0.05) is 0 Å². The Morgan fingerprint density at radius 3 is 2.44 bits per heavy atom. The van der Waals surface area contributed by atoms with Crippen molar-refractivity contribution in [3.05, 3.63) is 41.7 Å². The van der Waals surface area contributed by atoms with Crippen molar-refractivity contribution < 1.29 is 14.3 Å². The Hall–Kier alpha value is -1.90. The molecule has 82 valence electrons. The van der Waals surface area contributed by atoms with Crippen LogP contribution in [0, 0.1) is 0 Å². The Morgan fingerprint density at radius 2 is 1.81 bits per heavy atom. The van der Waals surface area contributed by atoms with Gasteiger partial charge in [0.05, 0.1) is 18.6 Å². The topological polar surface area (TPSA) is 43.4 Å². The first kappa shape index (κ1) is 10.6. The Balaban J connectivity index is 2.50. The fraction of sp³-hybridized carbons (Fsp3) is 0.231. The number of ether oxygens (including phenoxy) is 1. The van der Waals surface area contributed by atoms with Gasteiger partial charge in [-0.05, 0) is 12.5 Å². The van der Waals surface area contributed by atoms with Crippen LogP contribution in [0.2, 0.25) is 0 Å². The molecule has 0 N–H and O–H groups in total. The predicted molar refractivity (Wildman–Crippen MR) is 59.6 cm³/mol. The van der Waals surface area contributed by atoms with E-state index in [0.29, 0.717) is 12.2 Å². The van der Waals surface area contributed by atoms with Crippen molar-refractivity contribution in [1.82, 2.24) is 0 Å². The normalized spacial score (nSPS) is 15.8. The molecule has 3 nitrogen and oxygen atoms in total. The summed E-state index contributed by atoms with van der Waals surface area (Å²) in [6.07, 6.45) is -0.0699. The monoisotopic (exact) mass is 216 g/mol. The smallest absolute Gasteiger partial charge is 0.205 e. The molecule has 1 aromatic carbocycles. The number of carbonyl (C=O) groups excluding carboxylic acids is 2. The van der Waals surface area contributed by atoms with Gasteiger partial charge in [0.2, 0.25) is 5.78 Å². The Labute approximate surface area is 93.7 Å². The molecule has 0 amide bonds. The standard InChI is InChI=1S/C13H12O3/c1-2-16-13-11(15)8-10(14)12(13)9-6-4-3-5-7-9/h3-7H,2,8H2,1H3. The quantitative estimate of drug-likeness (QED) is 0.725. The third kappa shape index (κ3) is 1.76. The minimum absolute atomic E-state index is 0.0699. The van der Waals surface area contributed by atoms with Crippen molar-refractivity contribution in [2.75, 3.05) is 6.61 Å². The average Bonchev–Trinajstić information content (AvgIpc) is 2.56. The molecule has 16 heavy (non-hydrogen) atoms. The second-order valence-electron chi connectivity index (χ2n) is 3.53. The molecular formula is C13H12O3. The summed E-state index contributed by atoms with van der Waals surface area (Å²) in [4.78, 5) is 23.3. The predicted octanol–water partition coefficient (Wildman–Crippen LogP) is 1.98. The van der Waals surface area contributed by atoms with E-state index in [1.807, 2.05) is 30.3 Å². The third-order valence-corrected chi connectivity index (χ3v) is 2.43. The van der Waals surface area contributed by atoms with Gasteiger partial charge in [-0.3, -0.25) is 9.59 Å². The van der Waals surface area contributed by atoms with Crippen molar-refractivity contribution in [3.63, 3.8) is 0 Å². The van der Waals surface area contributed by atoms with Crippen LogP contribution in [0.3, 0.4) is 0 Å². The first-order valence-electron chi connectivity index (χ1n) is 5.23. The molecule has 0 aliphatic heterocycles. The number of benzene rings is 1. The lowest BCUT2D eigenvalue weighted by Crippen LogP contribution is -2.01. The van der Waals surface area contributed by atoms with Crippen LogP contribution in [0.5, 0.6) is 0 Å². The van der Waals surface area contributed by atoms with Crippen LogP contribution in [-0.2, 0) is 14.3 Å². The zero-order valence-electron chi connectivity index (χ0n) is 9.03. The highest BCUT2D eigenvalue weighted by atomic mass is 16.5. The molecule has 0 bridgehead atoms. The molecule has 0 radical (unpaired) electrons. The summed E-state index contributed by atoms with van der Waals surface area (Å²) in [7, 11) is 0. The molecule has 0 saturated carbocycles. The molecular weight excluding hydrogens is 204 g/mol. The minimum atomic E-state index is -0.217. The summed E-state index contributed by atoms with van der Waals surface area (Å²) in [5.41, 5.74) is 1.18. The SMILES string of the molecule is CCOC1=C(c2ccccc2)C(=O)CC1=O. The van der Waals surface area contributed by atoms with Crippen LogP contribution < -0.4 is 0 Å². The largest absolute Gasteiger partial charge is 0.489 e. The maximum absolute atomic E-state index is 11.7. The van der Waals surface area contributed by atoms with Crippen LogP contribution in [0.15, 0.2) is 36.1 Å². The Bertz CT molecular complexity index is 457. The van der Waals surface area contributed by atoms with Gasteiger partial charge in [-0.2, -0.15) is 0 Å². The molecule has 0 unspecified atom stereocenters. The molecule has 2 rings (SSSR count). The summed E-state index contributed by atoms with van der Waals surface area (Å²) < 4.78 is 5.26. The fourth-order valence-electron chi connectivity index (χ4n) is 1.77. The van der Waals surface area contributed by atoms with Crippen LogP contribution >= 0.6 is 0 Å². The summed E-state index contributed by atoms with van der Waals surface area (Å²) in [6, 6.07) is 9.16. The first-order chi connectivity index (χ1) is 7.74. The molecule has 0 saturated heterocycles. The van der Waals surface area contributed by atoms with Crippen molar-refractivity contribution in [2.24, 2.45) is 0 Å². The number of hydrogen-bond donors (Lipinski definition) is 0. The first-order valence-corrected chi connectivity index (χ1v) is 5.23. The van der Waals surface area contributed by atoms with E-state index in [4.69, 9.17) is 4.74 Å². The van der Waals surface area contributed by atoms with E-state index in [-0.39, 0.29) is 23.7 Å². The molecule has 0 atom stereocenters. The van der Waals surface area contributed by atoms with Gasteiger partial charge in [-0.25, -0.2) is 0 Å². The van der Waals surface area contributed by atoms with Gasteiger partial charge < -0.3 is 4.74 Å². The van der Waals surface area contributed by atoms with Crippen LogP contribution in [-0.4, -0.2) is 18.2 Å². The molecule has 1 aromatic rings. The Morgan fingerprint density at radius 1 is 1.12 bits per heavy atom.